The van der Waals surface area contributed by atoms with Crippen molar-refractivity contribution in [3.05, 3.63) is 28.3 Å². The molecule has 31 heavy (non-hydrogen) atoms. The van der Waals surface area contributed by atoms with Crippen molar-refractivity contribution in [3.63, 3.8) is 0 Å². The van der Waals surface area contributed by atoms with Crippen molar-refractivity contribution in [1.82, 2.24) is 5.32 Å². The lowest BCUT2D eigenvalue weighted by molar-refractivity contribution is -0.223. The van der Waals surface area contributed by atoms with Crippen LogP contribution in [-0.2, 0) is 17.8 Å². The number of amides is 2. The highest BCUT2D eigenvalue weighted by Crippen LogP contribution is 2.65. The minimum absolute atomic E-state index is 0.0539. The second-order valence-corrected chi connectivity index (χ2v) is 10.7. The molecule has 5 rings (SSSR count). The molecule has 0 radical (unpaired) electrons. The third kappa shape index (κ3) is 2.35. The number of Topliss-reactive ketones (excluding diaryl/α,β-unsaturated/α-hetero) is 1. The van der Waals surface area contributed by atoms with E-state index in [9.17, 15) is 19.5 Å². The Morgan fingerprint density at radius 1 is 1.26 bits per heavy atom. The van der Waals surface area contributed by atoms with E-state index in [-0.39, 0.29) is 47.5 Å². The zero-order chi connectivity index (χ0) is 22.5. The van der Waals surface area contributed by atoms with Crippen LogP contribution >= 0.6 is 0 Å². The van der Waals surface area contributed by atoms with Gasteiger partial charge in [0.25, 0.3) is 5.91 Å². The predicted octanol–water partition coefficient (Wildman–Crippen LogP) is 2.11. The van der Waals surface area contributed by atoms with E-state index >= 15 is 0 Å². The van der Waals surface area contributed by atoms with Gasteiger partial charge in [0.1, 0.15) is 17.5 Å². The first-order valence-corrected chi connectivity index (χ1v) is 11.1. The Morgan fingerprint density at radius 3 is 2.65 bits per heavy atom. The number of primary amides is 1. The van der Waals surface area contributed by atoms with Crippen LogP contribution < -0.4 is 15.8 Å². The van der Waals surface area contributed by atoms with Crippen molar-refractivity contribution in [2.75, 3.05) is 0 Å². The summed E-state index contributed by atoms with van der Waals surface area (Å²) < 4.78 is 6.92. The summed E-state index contributed by atoms with van der Waals surface area (Å²) in [5, 5.41) is 13.6. The van der Waals surface area contributed by atoms with E-state index in [1.807, 2.05) is 13.8 Å². The number of carbonyl (C=O) groups excluding carboxylic acids is 3. The average molecular weight is 427 g/mol. The second kappa shape index (κ2) is 6.09. The van der Waals surface area contributed by atoms with Crippen LogP contribution in [0.5, 0.6) is 5.75 Å². The zero-order valence-electron chi connectivity index (χ0n) is 18.5. The molecular weight excluding hydrogens is 396 g/mol. The molecule has 2 aliphatic heterocycles. The van der Waals surface area contributed by atoms with Gasteiger partial charge in [0.05, 0.1) is 11.1 Å². The van der Waals surface area contributed by atoms with Gasteiger partial charge in [-0.2, -0.15) is 0 Å². The van der Waals surface area contributed by atoms with Gasteiger partial charge in [-0.15, -0.1) is 0 Å². The van der Waals surface area contributed by atoms with E-state index in [1.54, 1.807) is 6.07 Å². The van der Waals surface area contributed by atoms with Crippen LogP contribution in [0.25, 0.3) is 0 Å². The van der Waals surface area contributed by atoms with Gasteiger partial charge in [-0.3, -0.25) is 14.4 Å². The smallest absolute Gasteiger partial charge is 0.252 e. The van der Waals surface area contributed by atoms with Gasteiger partial charge in [0.2, 0.25) is 5.91 Å². The highest BCUT2D eigenvalue weighted by atomic mass is 16.5. The minimum Gasteiger partial charge on any atom is -0.486 e. The van der Waals surface area contributed by atoms with Crippen LogP contribution in [0.3, 0.4) is 0 Å². The molecule has 0 bridgehead atoms. The van der Waals surface area contributed by atoms with Crippen molar-refractivity contribution in [1.29, 1.82) is 0 Å². The van der Waals surface area contributed by atoms with Crippen molar-refractivity contribution in [2.24, 2.45) is 28.4 Å². The minimum atomic E-state index is -1.09. The van der Waals surface area contributed by atoms with Gasteiger partial charge in [0, 0.05) is 35.3 Å². The van der Waals surface area contributed by atoms with Crippen molar-refractivity contribution in [3.8, 4) is 5.75 Å². The van der Waals surface area contributed by atoms with E-state index < -0.39 is 23.0 Å². The standard InChI is InChI=1S/C24H30N2O5/c1-11-5-6-16-22(2,3)19(28)15(27)9-24(16)23(11,4)8-12-7-13(20(25)29)17-14(18(12)31-24)10-26-21(17)30/h7,11,15-16,27H,5-6,8-10H2,1-4H3,(H2,25,29)(H,26,30)/t11-,15?,16-,23+,24-/m0/s1. The second-order valence-electron chi connectivity index (χ2n) is 10.7. The number of nitrogens with one attached hydrogen (secondary N) is 1. The number of ketones is 1. The number of carbonyl (C=O) groups is 3. The molecule has 2 fully saturated rings. The van der Waals surface area contributed by atoms with E-state index in [4.69, 9.17) is 10.5 Å². The lowest BCUT2D eigenvalue weighted by Gasteiger charge is -2.66. The summed E-state index contributed by atoms with van der Waals surface area (Å²) in [5.41, 5.74) is 5.86. The highest BCUT2D eigenvalue weighted by Gasteiger charge is 2.69. The number of nitrogens with two attached hydrogens (primary N) is 1. The molecule has 2 saturated carbocycles. The largest absolute Gasteiger partial charge is 0.486 e. The van der Waals surface area contributed by atoms with Crippen molar-refractivity contribution in [2.45, 2.75) is 71.6 Å². The molecule has 1 aromatic carbocycles. The number of aliphatic hydroxyl groups excluding tert-OH is 1. The number of benzene rings is 1. The predicted molar refractivity (Wildman–Crippen MR) is 113 cm³/mol. The summed E-state index contributed by atoms with van der Waals surface area (Å²) in [6.45, 7) is 8.51. The number of rotatable bonds is 1. The van der Waals surface area contributed by atoms with Gasteiger partial charge in [-0.25, -0.2) is 0 Å². The molecule has 7 heteroatoms. The maximum atomic E-state index is 12.9. The lowest BCUT2D eigenvalue weighted by atomic mass is 9.43. The van der Waals surface area contributed by atoms with Crippen LogP contribution in [0.15, 0.2) is 6.07 Å². The van der Waals surface area contributed by atoms with Crippen LogP contribution in [0.4, 0.5) is 0 Å². The monoisotopic (exact) mass is 426 g/mol. The topological polar surface area (TPSA) is 119 Å². The molecule has 2 amide bonds. The Labute approximate surface area is 181 Å². The van der Waals surface area contributed by atoms with Crippen molar-refractivity contribution < 1.29 is 24.2 Å². The van der Waals surface area contributed by atoms with Crippen LogP contribution in [0.2, 0.25) is 0 Å². The number of aliphatic hydroxyl groups is 1. The Morgan fingerprint density at radius 2 is 1.97 bits per heavy atom. The maximum absolute atomic E-state index is 12.9. The Kier molecular flexibility index (Phi) is 4.03. The van der Waals surface area contributed by atoms with E-state index in [0.29, 0.717) is 23.3 Å². The summed E-state index contributed by atoms with van der Waals surface area (Å²) in [7, 11) is 0. The fourth-order valence-corrected chi connectivity index (χ4v) is 7.13. The molecule has 1 unspecified atom stereocenters. The number of hydrogen-bond acceptors (Lipinski definition) is 5. The quantitative estimate of drug-likeness (QED) is 0.636. The molecule has 0 aromatic heterocycles. The molecule has 5 atom stereocenters. The fourth-order valence-electron chi connectivity index (χ4n) is 7.13. The van der Waals surface area contributed by atoms with Gasteiger partial charge in [-0.05, 0) is 36.8 Å². The number of fused-ring (bicyclic) bond motifs is 3. The normalized spacial score (nSPS) is 37.6. The third-order valence-corrected chi connectivity index (χ3v) is 9.03. The lowest BCUT2D eigenvalue weighted by Crippen LogP contribution is -2.72. The number of hydrogen-bond donors (Lipinski definition) is 3. The number of ether oxygens (including phenoxy) is 1. The summed E-state index contributed by atoms with van der Waals surface area (Å²) in [4.78, 5) is 37.6. The Hall–Kier alpha value is -2.41. The van der Waals surface area contributed by atoms with Gasteiger partial charge in [0.15, 0.2) is 5.78 Å². The third-order valence-electron chi connectivity index (χ3n) is 9.03. The summed E-state index contributed by atoms with van der Waals surface area (Å²) >= 11 is 0. The average Bonchev–Trinajstić information content (AvgIpc) is 3.07. The van der Waals surface area contributed by atoms with Gasteiger partial charge in [-0.1, -0.05) is 27.7 Å². The Balaban J connectivity index is 1.76. The first-order chi connectivity index (χ1) is 14.4. The Bertz CT molecular complexity index is 1050. The van der Waals surface area contributed by atoms with Crippen LogP contribution in [0, 0.1) is 22.7 Å². The molecule has 7 nitrogen and oxygen atoms in total. The first kappa shape index (κ1) is 20.5. The SMILES string of the molecule is C[C@H]1CC[C@H]2C(C)(C)C(=O)C(O)C[C@]23Oc2c(cc(C(N)=O)c4c2CNC4=O)C[C@]13C. The molecule has 2 aliphatic carbocycles. The van der Waals surface area contributed by atoms with E-state index in [2.05, 4.69) is 19.2 Å². The molecule has 4 N–H and O–H groups in total. The van der Waals surface area contributed by atoms with E-state index in [0.717, 1.165) is 18.4 Å². The molecule has 4 aliphatic rings. The molecule has 1 spiro atoms. The van der Waals surface area contributed by atoms with Gasteiger partial charge >= 0.3 is 0 Å². The van der Waals surface area contributed by atoms with E-state index in [1.165, 1.54) is 0 Å². The van der Waals surface area contributed by atoms with Crippen LogP contribution in [0.1, 0.15) is 78.8 Å². The summed E-state index contributed by atoms with van der Waals surface area (Å²) in [6, 6.07) is 1.71. The summed E-state index contributed by atoms with van der Waals surface area (Å²) in [6.07, 6.45) is 1.60. The molecule has 166 valence electrons. The zero-order valence-corrected chi connectivity index (χ0v) is 18.5. The van der Waals surface area contributed by atoms with Crippen LogP contribution in [-0.4, -0.2) is 34.4 Å². The maximum Gasteiger partial charge on any atom is 0.252 e. The van der Waals surface area contributed by atoms with Gasteiger partial charge < -0.3 is 20.9 Å². The molecular formula is C24H30N2O5. The molecule has 1 aromatic rings. The fraction of sp³-hybridized carbons (Fsp3) is 0.625. The summed E-state index contributed by atoms with van der Waals surface area (Å²) in [5.74, 6) is -0.225. The molecule has 0 saturated heterocycles. The highest BCUT2D eigenvalue weighted by molar-refractivity contribution is 6.10. The molecule has 2 heterocycles. The first-order valence-electron chi connectivity index (χ1n) is 11.1. The van der Waals surface area contributed by atoms with Crippen molar-refractivity contribution >= 4 is 17.6 Å².